The number of aromatic nitrogens is 1. The van der Waals surface area contributed by atoms with Crippen molar-refractivity contribution in [2.45, 2.75) is 18.6 Å². The van der Waals surface area contributed by atoms with Crippen molar-refractivity contribution in [3.63, 3.8) is 0 Å². The fourth-order valence-corrected chi connectivity index (χ4v) is 2.15. The zero-order valence-electron chi connectivity index (χ0n) is 10.4. The fourth-order valence-electron chi connectivity index (χ4n) is 2.15. The lowest BCUT2D eigenvalue weighted by molar-refractivity contribution is -0.138. The van der Waals surface area contributed by atoms with Crippen molar-refractivity contribution in [2.24, 2.45) is 0 Å². The van der Waals surface area contributed by atoms with Gasteiger partial charge >= 0.3 is 12.1 Å². The first kappa shape index (κ1) is 14.6. The third kappa shape index (κ3) is 3.19. The Labute approximate surface area is 113 Å². The van der Waals surface area contributed by atoms with E-state index in [1.165, 1.54) is 17.2 Å². The van der Waals surface area contributed by atoms with Gasteiger partial charge in [0.25, 0.3) is 0 Å². The van der Waals surface area contributed by atoms with Crippen molar-refractivity contribution < 1.29 is 27.8 Å². The molecule has 2 heterocycles. The lowest BCUT2D eigenvalue weighted by atomic mass is 10.1. The van der Waals surface area contributed by atoms with Gasteiger partial charge in [0, 0.05) is 12.7 Å². The number of ether oxygens (including phenoxy) is 1. The van der Waals surface area contributed by atoms with E-state index >= 15 is 0 Å². The van der Waals surface area contributed by atoms with Crippen LogP contribution in [0.5, 0.6) is 0 Å². The minimum absolute atomic E-state index is 0.0696. The number of carbonyl (C=O) groups is 1. The molecule has 0 aromatic carbocycles. The second-order valence-electron chi connectivity index (χ2n) is 4.39. The molecule has 20 heavy (non-hydrogen) atoms. The van der Waals surface area contributed by atoms with E-state index in [1.54, 1.807) is 0 Å². The van der Waals surface area contributed by atoms with E-state index in [0.717, 1.165) is 6.07 Å². The molecule has 5 nitrogen and oxygen atoms in total. The van der Waals surface area contributed by atoms with Crippen LogP contribution in [0.3, 0.4) is 0 Å². The molecule has 1 saturated heterocycles. The Bertz CT molecular complexity index is 493. The van der Waals surface area contributed by atoms with Gasteiger partial charge in [-0.1, -0.05) is 0 Å². The van der Waals surface area contributed by atoms with Crippen LogP contribution >= 0.6 is 0 Å². The molecule has 1 atom stereocenters. The summed E-state index contributed by atoms with van der Waals surface area (Å²) in [7, 11) is 0. The average molecular weight is 290 g/mol. The normalized spacial score (nSPS) is 19.9. The summed E-state index contributed by atoms with van der Waals surface area (Å²) < 4.78 is 44.1. The number of anilines is 1. The molecule has 2 rings (SSSR count). The summed E-state index contributed by atoms with van der Waals surface area (Å²) in [5.74, 6) is -1.33. The van der Waals surface area contributed by atoms with Crippen molar-refractivity contribution in [3.8, 4) is 0 Å². The highest BCUT2D eigenvalue weighted by molar-refractivity contribution is 5.68. The zero-order valence-corrected chi connectivity index (χ0v) is 10.4. The van der Waals surface area contributed by atoms with Gasteiger partial charge in [0.1, 0.15) is 5.82 Å². The van der Waals surface area contributed by atoms with Crippen molar-refractivity contribution in [3.05, 3.63) is 23.9 Å². The number of carboxylic acid groups (broad SMARTS) is 1. The number of rotatable bonds is 3. The standard InChI is InChI=1S/C12H13F3N2O3/c13-12(14,15)9-2-1-3-16-11(9)17-4-5-20-7-8(17)6-10(18)19/h1-3,8H,4-7H2,(H,18,19). The van der Waals surface area contributed by atoms with E-state index in [9.17, 15) is 18.0 Å². The van der Waals surface area contributed by atoms with Crippen LogP contribution in [-0.4, -0.2) is 41.9 Å². The highest BCUT2D eigenvalue weighted by atomic mass is 19.4. The molecule has 0 bridgehead atoms. The van der Waals surface area contributed by atoms with Crippen LogP contribution in [0.2, 0.25) is 0 Å². The number of aliphatic carboxylic acids is 1. The quantitative estimate of drug-likeness (QED) is 0.919. The summed E-state index contributed by atoms with van der Waals surface area (Å²) in [6, 6.07) is 1.49. The Morgan fingerprint density at radius 1 is 1.55 bits per heavy atom. The monoisotopic (exact) mass is 290 g/mol. The number of pyridine rings is 1. The van der Waals surface area contributed by atoms with Gasteiger partial charge in [-0.05, 0) is 12.1 Å². The molecular formula is C12H13F3N2O3. The van der Waals surface area contributed by atoms with Crippen LogP contribution in [0.4, 0.5) is 19.0 Å². The topological polar surface area (TPSA) is 62.7 Å². The number of carboxylic acids is 1. The molecule has 1 aromatic rings. The van der Waals surface area contributed by atoms with Crippen LogP contribution in [0.25, 0.3) is 0 Å². The zero-order chi connectivity index (χ0) is 14.8. The first-order valence-electron chi connectivity index (χ1n) is 5.98. The maximum atomic E-state index is 13.0. The summed E-state index contributed by atoms with van der Waals surface area (Å²) in [4.78, 5) is 15.9. The first-order valence-corrected chi connectivity index (χ1v) is 5.98. The van der Waals surface area contributed by atoms with Gasteiger partial charge in [0.15, 0.2) is 0 Å². The Morgan fingerprint density at radius 3 is 2.95 bits per heavy atom. The number of hydrogen-bond donors (Lipinski definition) is 1. The van der Waals surface area contributed by atoms with E-state index in [4.69, 9.17) is 9.84 Å². The number of nitrogens with zero attached hydrogens (tertiary/aromatic N) is 2. The molecule has 1 aromatic heterocycles. The smallest absolute Gasteiger partial charge is 0.419 e. The van der Waals surface area contributed by atoms with Crippen LogP contribution < -0.4 is 4.90 Å². The van der Waals surface area contributed by atoms with Gasteiger partial charge < -0.3 is 14.7 Å². The van der Waals surface area contributed by atoms with Gasteiger partial charge in [-0.25, -0.2) is 4.98 Å². The summed E-state index contributed by atoms with van der Waals surface area (Å²) in [5.41, 5.74) is -0.864. The SMILES string of the molecule is O=C(O)CC1COCCN1c1ncccc1C(F)(F)F. The fraction of sp³-hybridized carbons (Fsp3) is 0.500. The summed E-state index contributed by atoms with van der Waals surface area (Å²) >= 11 is 0. The van der Waals surface area contributed by atoms with Crippen molar-refractivity contribution in [1.29, 1.82) is 0 Å². The molecule has 1 aliphatic rings. The third-order valence-electron chi connectivity index (χ3n) is 3.00. The molecule has 1 fully saturated rings. The molecule has 0 spiro atoms. The van der Waals surface area contributed by atoms with Crippen LogP contribution in [-0.2, 0) is 15.7 Å². The highest BCUT2D eigenvalue weighted by Gasteiger charge is 2.38. The molecule has 1 unspecified atom stereocenters. The summed E-state index contributed by atoms with van der Waals surface area (Å²) in [6.45, 7) is 0.488. The van der Waals surface area contributed by atoms with Crippen LogP contribution in [0.1, 0.15) is 12.0 Å². The molecule has 0 radical (unpaired) electrons. The van der Waals surface area contributed by atoms with Crippen LogP contribution in [0.15, 0.2) is 18.3 Å². The van der Waals surface area contributed by atoms with E-state index in [-0.39, 0.29) is 32.0 Å². The summed E-state index contributed by atoms with van der Waals surface area (Å²) in [6.07, 6.45) is -3.57. The molecule has 0 saturated carbocycles. The lowest BCUT2D eigenvalue weighted by Gasteiger charge is -2.36. The van der Waals surface area contributed by atoms with E-state index in [2.05, 4.69) is 4.98 Å². The van der Waals surface area contributed by atoms with E-state index in [0.29, 0.717) is 0 Å². The predicted molar refractivity (Wildman–Crippen MR) is 63.4 cm³/mol. The second-order valence-corrected chi connectivity index (χ2v) is 4.39. The minimum atomic E-state index is -4.53. The number of alkyl halides is 3. The van der Waals surface area contributed by atoms with Gasteiger partial charge in [-0.2, -0.15) is 13.2 Å². The molecule has 1 N–H and O–H groups in total. The van der Waals surface area contributed by atoms with Gasteiger partial charge in [-0.15, -0.1) is 0 Å². The lowest BCUT2D eigenvalue weighted by Crippen LogP contribution is -2.47. The van der Waals surface area contributed by atoms with Crippen molar-refractivity contribution >= 4 is 11.8 Å². The number of halogens is 3. The maximum Gasteiger partial charge on any atom is 0.419 e. The Kier molecular flexibility index (Phi) is 4.12. The van der Waals surface area contributed by atoms with Gasteiger partial charge in [-0.3, -0.25) is 4.79 Å². The number of hydrogen-bond acceptors (Lipinski definition) is 4. The van der Waals surface area contributed by atoms with Crippen LogP contribution in [0, 0.1) is 0 Å². The average Bonchev–Trinajstić information content (AvgIpc) is 2.38. The minimum Gasteiger partial charge on any atom is -0.481 e. The second kappa shape index (κ2) is 5.66. The Hall–Kier alpha value is -1.83. The molecule has 110 valence electrons. The third-order valence-corrected chi connectivity index (χ3v) is 3.00. The van der Waals surface area contributed by atoms with Gasteiger partial charge in [0.2, 0.25) is 0 Å². The first-order chi connectivity index (χ1) is 9.39. The van der Waals surface area contributed by atoms with E-state index in [1.807, 2.05) is 0 Å². The Morgan fingerprint density at radius 2 is 2.30 bits per heavy atom. The van der Waals surface area contributed by atoms with Gasteiger partial charge in [0.05, 0.1) is 31.2 Å². The Balaban J connectivity index is 2.35. The maximum absolute atomic E-state index is 13.0. The highest BCUT2D eigenvalue weighted by Crippen LogP contribution is 2.36. The molecular weight excluding hydrogens is 277 g/mol. The molecule has 1 aliphatic heterocycles. The largest absolute Gasteiger partial charge is 0.481 e. The molecule has 0 amide bonds. The van der Waals surface area contributed by atoms with Crippen molar-refractivity contribution in [1.82, 2.24) is 4.98 Å². The number of morpholine rings is 1. The molecule has 0 aliphatic carbocycles. The van der Waals surface area contributed by atoms with E-state index < -0.39 is 23.8 Å². The molecule has 8 heteroatoms. The van der Waals surface area contributed by atoms with Crippen molar-refractivity contribution in [2.75, 3.05) is 24.7 Å². The summed E-state index contributed by atoms with van der Waals surface area (Å²) in [5, 5.41) is 8.83. The predicted octanol–water partition coefficient (Wildman–Crippen LogP) is 1.78.